The largest absolute Gasteiger partial charge is 0.482 e. The van der Waals surface area contributed by atoms with E-state index in [2.05, 4.69) is 38.9 Å². The Hall–Kier alpha value is -3.75. The summed E-state index contributed by atoms with van der Waals surface area (Å²) >= 11 is 0. The fraction of sp³-hybridized carbons (Fsp3) is 0.348. The Bertz CT molecular complexity index is 1110. The summed E-state index contributed by atoms with van der Waals surface area (Å²) in [6, 6.07) is 11.2. The zero-order chi connectivity index (χ0) is 22.7. The van der Waals surface area contributed by atoms with Gasteiger partial charge in [-0.3, -0.25) is 0 Å². The molecule has 0 amide bonds. The lowest BCUT2D eigenvalue weighted by Gasteiger charge is -2.40. The van der Waals surface area contributed by atoms with E-state index >= 15 is 0 Å². The van der Waals surface area contributed by atoms with Crippen molar-refractivity contribution in [2.45, 2.75) is 25.9 Å². The second-order valence-corrected chi connectivity index (χ2v) is 8.10. The highest BCUT2D eigenvalue weighted by Crippen LogP contribution is 2.30. The first kappa shape index (κ1) is 21.5. The molecule has 0 radical (unpaired) electrons. The molecule has 0 saturated carbocycles. The van der Waals surface area contributed by atoms with E-state index in [1.54, 1.807) is 18.3 Å². The van der Waals surface area contributed by atoms with E-state index in [1.807, 2.05) is 24.3 Å². The lowest BCUT2D eigenvalue weighted by molar-refractivity contribution is -0.139. The van der Waals surface area contributed by atoms with Crippen LogP contribution in [0, 0.1) is 0 Å². The number of aromatic amines is 1. The van der Waals surface area contributed by atoms with Crippen LogP contribution >= 0.6 is 0 Å². The van der Waals surface area contributed by atoms with Gasteiger partial charge in [0.2, 0.25) is 0 Å². The van der Waals surface area contributed by atoms with Gasteiger partial charge in [-0.05, 0) is 50.2 Å². The number of aliphatic carboxylic acids is 1. The van der Waals surface area contributed by atoms with Crippen LogP contribution in [-0.2, 0) is 9.59 Å². The number of hydrogen-bond donors (Lipinski definition) is 3. The number of ether oxygens (including phenoxy) is 1. The van der Waals surface area contributed by atoms with Gasteiger partial charge in [-0.1, -0.05) is 0 Å². The van der Waals surface area contributed by atoms with E-state index in [1.165, 1.54) is 0 Å². The predicted octanol–water partition coefficient (Wildman–Crippen LogP) is 2.74. The summed E-state index contributed by atoms with van der Waals surface area (Å²) < 4.78 is 5.27. The van der Waals surface area contributed by atoms with Gasteiger partial charge in [0, 0.05) is 42.8 Å². The van der Waals surface area contributed by atoms with Crippen LogP contribution in [0.1, 0.15) is 13.8 Å². The van der Waals surface area contributed by atoms with E-state index in [4.69, 9.17) is 9.84 Å². The highest BCUT2D eigenvalue weighted by atomic mass is 16.5. The Kier molecular flexibility index (Phi) is 6.16. The van der Waals surface area contributed by atoms with E-state index in [0.717, 1.165) is 41.1 Å². The molecule has 9 nitrogen and oxygen atoms in total. The van der Waals surface area contributed by atoms with Crippen molar-refractivity contribution in [1.82, 2.24) is 9.97 Å². The molecule has 0 spiro atoms. The Morgan fingerprint density at radius 1 is 1.34 bits per heavy atom. The van der Waals surface area contributed by atoms with E-state index < -0.39 is 5.97 Å². The summed E-state index contributed by atoms with van der Waals surface area (Å²) in [7, 11) is 0. The number of H-pyrrole nitrogens is 1. The minimum Gasteiger partial charge on any atom is -0.482 e. The van der Waals surface area contributed by atoms with Gasteiger partial charge in [-0.2, -0.15) is 0 Å². The van der Waals surface area contributed by atoms with Crippen molar-refractivity contribution in [2.24, 2.45) is 0 Å². The third-order valence-corrected chi connectivity index (χ3v) is 5.36. The van der Waals surface area contributed by atoms with Crippen molar-refractivity contribution in [1.29, 1.82) is 0 Å². The molecule has 1 aliphatic rings. The van der Waals surface area contributed by atoms with Gasteiger partial charge < -0.3 is 34.7 Å². The van der Waals surface area contributed by atoms with Crippen LogP contribution < -0.4 is 19.9 Å². The van der Waals surface area contributed by atoms with Gasteiger partial charge in [0.1, 0.15) is 23.9 Å². The Morgan fingerprint density at radius 2 is 2.19 bits per heavy atom. The van der Waals surface area contributed by atoms with Crippen molar-refractivity contribution in [2.75, 3.05) is 41.4 Å². The van der Waals surface area contributed by atoms with Crippen LogP contribution in [0.3, 0.4) is 0 Å². The standard InChI is InChI=1S/C23H27N5O4/c1-15(2)25-20-4-3-7-24-23(20)27-8-9-28(17(12-27)13-29)21-11-16-10-18(32-14-22(30)31)5-6-19(16)26-21/h3-7,10-11,13,15,17,25-26H,8-9,12,14H2,1-2H3,(H,30,31). The first-order valence-electron chi connectivity index (χ1n) is 10.6. The summed E-state index contributed by atoms with van der Waals surface area (Å²) in [4.78, 5) is 34.9. The van der Waals surface area contributed by atoms with Crippen molar-refractivity contribution in [3.05, 3.63) is 42.6 Å². The van der Waals surface area contributed by atoms with Crippen molar-refractivity contribution in [3.8, 4) is 5.75 Å². The maximum atomic E-state index is 12.0. The molecule has 1 unspecified atom stereocenters. The number of carboxylic acids is 1. The molecule has 168 valence electrons. The number of carboxylic acid groups (broad SMARTS) is 1. The minimum absolute atomic E-state index is 0.275. The lowest BCUT2D eigenvalue weighted by atomic mass is 10.1. The van der Waals surface area contributed by atoms with Crippen molar-refractivity contribution < 1.29 is 19.4 Å². The van der Waals surface area contributed by atoms with E-state index in [-0.39, 0.29) is 18.7 Å². The highest BCUT2D eigenvalue weighted by molar-refractivity contribution is 5.86. The number of aldehydes is 1. The first-order chi connectivity index (χ1) is 15.4. The average molecular weight is 438 g/mol. The van der Waals surface area contributed by atoms with Crippen LogP contribution in [0.15, 0.2) is 42.6 Å². The molecule has 3 N–H and O–H groups in total. The molecule has 0 aliphatic carbocycles. The summed E-state index contributed by atoms with van der Waals surface area (Å²) in [5.41, 5.74) is 1.85. The summed E-state index contributed by atoms with van der Waals surface area (Å²) in [5, 5.41) is 13.1. The molecule has 1 aromatic carbocycles. The molecule has 1 atom stereocenters. The van der Waals surface area contributed by atoms with Crippen LogP contribution in [0.25, 0.3) is 10.9 Å². The number of anilines is 3. The van der Waals surface area contributed by atoms with Crippen LogP contribution in [0.4, 0.5) is 17.3 Å². The van der Waals surface area contributed by atoms with E-state index in [0.29, 0.717) is 18.8 Å². The highest BCUT2D eigenvalue weighted by Gasteiger charge is 2.29. The number of pyridine rings is 1. The van der Waals surface area contributed by atoms with Gasteiger partial charge in [-0.15, -0.1) is 0 Å². The molecule has 2 aromatic heterocycles. The van der Waals surface area contributed by atoms with Gasteiger partial charge in [0.05, 0.1) is 5.69 Å². The number of piperazine rings is 1. The topological polar surface area (TPSA) is 111 Å². The molecule has 32 heavy (non-hydrogen) atoms. The zero-order valence-electron chi connectivity index (χ0n) is 18.1. The third kappa shape index (κ3) is 4.61. The van der Waals surface area contributed by atoms with Crippen LogP contribution in [0.2, 0.25) is 0 Å². The number of nitrogens with one attached hydrogen (secondary N) is 2. The first-order valence-corrected chi connectivity index (χ1v) is 10.6. The average Bonchev–Trinajstić information content (AvgIpc) is 3.20. The Morgan fingerprint density at radius 3 is 2.94 bits per heavy atom. The molecular formula is C23H27N5O4. The zero-order valence-corrected chi connectivity index (χ0v) is 18.1. The maximum Gasteiger partial charge on any atom is 0.341 e. The maximum absolute atomic E-state index is 12.0. The monoisotopic (exact) mass is 437 g/mol. The van der Waals surface area contributed by atoms with E-state index in [9.17, 15) is 9.59 Å². The Labute approximate surface area is 186 Å². The number of nitrogens with zero attached hydrogens (tertiary/aromatic N) is 3. The fourth-order valence-electron chi connectivity index (χ4n) is 3.98. The summed E-state index contributed by atoms with van der Waals surface area (Å²) in [5.74, 6) is 1.16. The summed E-state index contributed by atoms with van der Waals surface area (Å²) in [6.45, 7) is 5.66. The molecule has 4 rings (SSSR count). The molecule has 9 heteroatoms. The number of aromatic nitrogens is 2. The molecule has 1 aliphatic heterocycles. The number of rotatable bonds is 8. The fourth-order valence-corrected chi connectivity index (χ4v) is 3.98. The smallest absolute Gasteiger partial charge is 0.341 e. The number of hydrogen-bond acceptors (Lipinski definition) is 7. The van der Waals surface area contributed by atoms with Crippen LogP contribution in [0.5, 0.6) is 5.75 Å². The molecule has 1 fully saturated rings. The second-order valence-electron chi connectivity index (χ2n) is 8.10. The van der Waals surface area contributed by atoms with Gasteiger partial charge >= 0.3 is 5.97 Å². The third-order valence-electron chi connectivity index (χ3n) is 5.36. The Balaban J connectivity index is 1.53. The minimum atomic E-state index is -1.02. The van der Waals surface area contributed by atoms with Gasteiger partial charge in [-0.25, -0.2) is 9.78 Å². The molecule has 3 heterocycles. The lowest BCUT2D eigenvalue weighted by Crippen LogP contribution is -2.54. The second kappa shape index (κ2) is 9.17. The number of fused-ring (bicyclic) bond motifs is 1. The van der Waals surface area contributed by atoms with Crippen LogP contribution in [-0.4, -0.2) is 65.7 Å². The molecule has 3 aromatic rings. The van der Waals surface area contributed by atoms with Gasteiger partial charge in [0.15, 0.2) is 12.4 Å². The SMILES string of the molecule is CC(C)Nc1cccnc1N1CCN(c2cc3cc(OCC(=O)O)ccc3[nH]2)C(C=O)C1. The quantitative estimate of drug-likeness (QED) is 0.462. The number of benzene rings is 1. The van der Waals surface area contributed by atoms with Crippen molar-refractivity contribution in [3.63, 3.8) is 0 Å². The number of carbonyl (C=O) groups excluding carboxylic acids is 1. The number of carbonyl (C=O) groups is 2. The molecule has 0 bridgehead atoms. The van der Waals surface area contributed by atoms with Crippen molar-refractivity contribution >= 4 is 40.5 Å². The summed E-state index contributed by atoms with van der Waals surface area (Å²) in [6.07, 6.45) is 2.74. The predicted molar refractivity (Wildman–Crippen MR) is 124 cm³/mol. The molecular weight excluding hydrogens is 410 g/mol. The normalized spacial score (nSPS) is 16.4. The molecule has 1 saturated heterocycles. The van der Waals surface area contributed by atoms with Gasteiger partial charge in [0.25, 0.3) is 0 Å².